The van der Waals surface area contributed by atoms with Gasteiger partial charge in [-0.2, -0.15) is 0 Å². The van der Waals surface area contributed by atoms with Gasteiger partial charge >= 0.3 is 5.97 Å². The smallest absolute Gasteiger partial charge is 0.338 e. The van der Waals surface area contributed by atoms with E-state index in [1.54, 1.807) is 36.1 Å². The summed E-state index contributed by atoms with van der Waals surface area (Å²) in [7, 11) is 0. The Morgan fingerprint density at radius 2 is 1.93 bits per heavy atom. The molecule has 4 rings (SSSR count). The summed E-state index contributed by atoms with van der Waals surface area (Å²) in [6.07, 6.45) is 0. The van der Waals surface area contributed by atoms with Crippen LogP contribution in [-0.2, 0) is 4.74 Å². The topological polar surface area (TPSA) is 86.5 Å². The van der Waals surface area contributed by atoms with Crippen LogP contribution in [0.4, 0.5) is 5.69 Å². The monoisotopic (exact) mass is 405 g/mol. The van der Waals surface area contributed by atoms with Gasteiger partial charge in [0.15, 0.2) is 0 Å². The number of aliphatic hydroxyl groups is 1. The molecular formula is C22H19N3O3S. The van der Waals surface area contributed by atoms with Crippen molar-refractivity contribution in [2.45, 2.75) is 6.92 Å². The van der Waals surface area contributed by atoms with Crippen LogP contribution in [-0.4, -0.2) is 35.0 Å². The van der Waals surface area contributed by atoms with Crippen molar-refractivity contribution in [2.24, 2.45) is 0 Å². The minimum absolute atomic E-state index is 0.110. The summed E-state index contributed by atoms with van der Waals surface area (Å²) in [5.41, 5.74) is 3.41. The van der Waals surface area contributed by atoms with Gasteiger partial charge in [-0.25, -0.2) is 9.78 Å². The molecule has 1 aliphatic rings. The van der Waals surface area contributed by atoms with Gasteiger partial charge < -0.3 is 14.7 Å². The van der Waals surface area contributed by atoms with Crippen molar-refractivity contribution in [3.05, 3.63) is 76.3 Å². The van der Waals surface area contributed by atoms with E-state index < -0.39 is 0 Å². The Hall–Kier alpha value is -3.45. The second-order valence-corrected chi connectivity index (χ2v) is 7.29. The molecule has 0 saturated heterocycles. The van der Waals surface area contributed by atoms with E-state index in [0.717, 1.165) is 11.3 Å². The number of amidine groups is 1. The van der Waals surface area contributed by atoms with Gasteiger partial charge in [0.2, 0.25) is 0 Å². The molecule has 29 heavy (non-hydrogen) atoms. The molecule has 0 spiro atoms. The van der Waals surface area contributed by atoms with Gasteiger partial charge in [-0.15, -0.1) is 11.3 Å². The largest absolute Gasteiger partial charge is 0.510 e. The second kappa shape index (κ2) is 7.89. The van der Waals surface area contributed by atoms with Gasteiger partial charge in [-0.1, -0.05) is 30.3 Å². The number of hydrogen-bond acceptors (Lipinski definition) is 6. The number of esters is 1. The quantitative estimate of drug-likeness (QED) is 0.598. The molecule has 0 fully saturated rings. The Kier molecular flexibility index (Phi) is 5.14. The Balaban J connectivity index is 1.56. The van der Waals surface area contributed by atoms with E-state index in [9.17, 15) is 9.90 Å². The van der Waals surface area contributed by atoms with Crippen molar-refractivity contribution in [1.82, 2.24) is 4.98 Å². The zero-order chi connectivity index (χ0) is 20.4. The highest BCUT2D eigenvalue weighted by molar-refractivity contribution is 7.11. The number of aliphatic hydroxyl groups excluding tert-OH is 1. The third-order valence-electron chi connectivity index (χ3n) is 4.58. The van der Waals surface area contributed by atoms with Gasteiger partial charge in [0.1, 0.15) is 16.6 Å². The minimum atomic E-state index is -0.381. The second-order valence-electron chi connectivity index (χ2n) is 6.43. The maximum Gasteiger partial charge on any atom is 0.338 e. The van der Waals surface area contributed by atoms with E-state index in [1.165, 1.54) is 11.3 Å². The number of benzene rings is 2. The molecular weight excluding hydrogens is 386 g/mol. The number of aromatic nitrogens is 1. The number of thiazole rings is 1. The first-order chi connectivity index (χ1) is 14.1. The lowest BCUT2D eigenvalue weighted by molar-refractivity contribution is 0.0526. The molecule has 0 amide bonds. The Morgan fingerprint density at radius 3 is 2.62 bits per heavy atom. The Labute approximate surface area is 172 Å². The maximum absolute atomic E-state index is 11.8. The summed E-state index contributed by atoms with van der Waals surface area (Å²) < 4.78 is 5.00. The minimum Gasteiger partial charge on any atom is -0.510 e. The van der Waals surface area contributed by atoms with Crippen LogP contribution in [0.3, 0.4) is 0 Å². The highest BCUT2D eigenvalue weighted by atomic mass is 32.1. The molecule has 2 heterocycles. The first-order valence-electron chi connectivity index (χ1n) is 9.15. The summed E-state index contributed by atoms with van der Waals surface area (Å²) in [5.74, 6) is -0.0905. The molecule has 0 atom stereocenters. The van der Waals surface area contributed by atoms with Crippen molar-refractivity contribution in [1.29, 1.82) is 5.41 Å². The average molecular weight is 405 g/mol. The molecule has 0 radical (unpaired) electrons. The van der Waals surface area contributed by atoms with Gasteiger partial charge in [0.25, 0.3) is 0 Å². The molecule has 0 unspecified atom stereocenters. The summed E-state index contributed by atoms with van der Waals surface area (Å²) >= 11 is 1.40. The number of nitrogens with zero attached hydrogens (tertiary/aromatic N) is 2. The number of carbonyl (C=O) groups excluding carboxylic acids is 1. The average Bonchev–Trinajstić information content (AvgIpc) is 3.33. The third kappa shape index (κ3) is 3.64. The zero-order valence-electron chi connectivity index (χ0n) is 15.8. The van der Waals surface area contributed by atoms with Crippen molar-refractivity contribution in [3.8, 4) is 11.3 Å². The van der Waals surface area contributed by atoms with Crippen LogP contribution in [0.5, 0.6) is 0 Å². The molecule has 3 aromatic rings. The molecule has 0 saturated carbocycles. The molecule has 0 aliphatic carbocycles. The van der Waals surface area contributed by atoms with E-state index in [2.05, 4.69) is 4.98 Å². The number of hydrogen-bond donors (Lipinski definition) is 2. The van der Waals surface area contributed by atoms with Crippen molar-refractivity contribution in [3.63, 3.8) is 0 Å². The highest BCUT2D eigenvalue weighted by Gasteiger charge is 2.31. The molecule has 2 N–H and O–H groups in total. The maximum atomic E-state index is 11.8. The summed E-state index contributed by atoms with van der Waals surface area (Å²) in [5, 5.41) is 21.6. The molecule has 2 aromatic carbocycles. The lowest BCUT2D eigenvalue weighted by Crippen LogP contribution is -2.26. The Bertz CT molecular complexity index is 1090. The van der Waals surface area contributed by atoms with Crippen LogP contribution >= 0.6 is 11.3 Å². The number of ether oxygens (including phenoxy) is 1. The third-order valence-corrected chi connectivity index (χ3v) is 5.44. The van der Waals surface area contributed by atoms with Crippen molar-refractivity contribution < 1.29 is 14.6 Å². The fraction of sp³-hybridized carbons (Fsp3) is 0.136. The first kappa shape index (κ1) is 18.9. The molecule has 1 aromatic heterocycles. The van der Waals surface area contributed by atoms with Gasteiger partial charge in [-0.3, -0.25) is 5.41 Å². The van der Waals surface area contributed by atoms with Crippen LogP contribution in [0.2, 0.25) is 0 Å². The lowest BCUT2D eigenvalue weighted by atomic mass is 10.2. The predicted molar refractivity (Wildman–Crippen MR) is 115 cm³/mol. The predicted octanol–water partition coefficient (Wildman–Crippen LogP) is 4.75. The number of carbonyl (C=O) groups is 1. The van der Waals surface area contributed by atoms with Gasteiger partial charge in [0.05, 0.1) is 30.0 Å². The molecule has 6 nitrogen and oxygen atoms in total. The van der Waals surface area contributed by atoms with E-state index in [1.807, 2.05) is 35.7 Å². The number of anilines is 1. The standard InChI is InChI=1S/C22H19N3O3S/c1-2-28-22(27)15-8-10-16(11-9-15)25-12-18(26)19(20(25)23)21-24-17(13-29-21)14-6-4-3-5-7-14/h3-11,13,23,26H,2,12H2,1H3. The lowest BCUT2D eigenvalue weighted by Gasteiger charge is -2.18. The van der Waals surface area contributed by atoms with E-state index in [-0.39, 0.29) is 24.1 Å². The van der Waals surface area contributed by atoms with Crippen LogP contribution < -0.4 is 4.90 Å². The molecule has 7 heteroatoms. The SMILES string of the molecule is CCOC(=O)c1ccc(N2CC(O)=C(c3nc(-c4ccccc4)cs3)C2=N)cc1. The molecule has 146 valence electrons. The van der Waals surface area contributed by atoms with Crippen LogP contribution in [0.15, 0.2) is 65.7 Å². The van der Waals surface area contributed by atoms with Crippen LogP contribution in [0.25, 0.3) is 16.8 Å². The fourth-order valence-corrected chi connectivity index (χ4v) is 4.04. The summed E-state index contributed by atoms with van der Waals surface area (Å²) in [4.78, 5) is 18.1. The molecule has 1 aliphatic heterocycles. The van der Waals surface area contributed by atoms with Crippen molar-refractivity contribution >= 4 is 34.4 Å². The summed E-state index contributed by atoms with van der Waals surface area (Å²) in [6.45, 7) is 2.26. The molecule has 0 bridgehead atoms. The normalized spacial score (nSPS) is 13.8. The van der Waals surface area contributed by atoms with E-state index in [4.69, 9.17) is 10.1 Å². The van der Waals surface area contributed by atoms with Crippen LogP contribution in [0.1, 0.15) is 22.3 Å². The van der Waals surface area contributed by atoms with Gasteiger partial charge in [-0.05, 0) is 31.2 Å². The van der Waals surface area contributed by atoms with E-state index >= 15 is 0 Å². The van der Waals surface area contributed by atoms with Crippen LogP contribution in [0, 0.1) is 5.41 Å². The fourth-order valence-electron chi connectivity index (χ4n) is 3.15. The first-order valence-corrected chi connectivity index (χ1v) is 10.0. The van der Waals surface area contributed by atoms with Crippen molar-refractivity contribution in [2.75, 3.05) is 18.1 Å². The number of rotatable bonds is 5. The number of nitrogens with one attached hydrogen (secondary N) is 1. The van der Waals surface area contributed by atoms with Gasteiger partial charge in [0, 0.05) is 16.6 Å². The van der Waals surface area contributed by atoms with E-state index in [0.29, 0.717) is 28.4 Å². The summed E-state index contributed by atoms with van der Waals surface area (Å²) in [6, 6.07) is 16.6. The highest BCUT2D eigenvalue weighted by Crippen LogP contribution is 2.34. The Morgan fingerprint density at radius 1 is 1.21 bits per heavy atom. The zero-order valence-corrected chi connectivity index (χ0v) is 16.6.